The number of nitro groups is 1. The number of carbonyl (C=O) groups is 1. The van der Waals surface area contributed by atoms with E-state index in [1.54, 1.807) is 30.3 Å². The van der Waals surface area contributed by atoms with E-state index in [0.29, 0.717) is 29.5 Å². The maximum atomic E-state index is 12.3. The number of nitro benzene ring substituents is 1. The van der Waals surface area contributed by atoms with Crippen molar-refractivity contribution >= 4 is 34.6 Å². The van der Waals surface area contributed by atoms with Crippen LogP contribution in [-0.4, -0.2) is 29.7 Å². The molecule has 2 rings (SSSR count). The van der Waals surface area contributed by atoms with Crippen LogP contribution >= 0.6 is 12.2 Å². The minimum atomic E-state index is -0.561. The quantitative estimate of drug-likeness (QED) is 0.412. The molecule has 148 valence electrons. The summed E-state index contributed by atoms with van der Waals surface area (Å²) in [6, 6.07) is 11.0. The number of benzene rings is 2. The molecule has 0 aromatic heterocycles. The Morgan fingerprint density at radius 2 is 1.89 bits per heavy atom. The highest BCUT2D eigenvalue weighted by atomic mass is 32.1. The van der Waals surface area contributed by atoms with Crippen LogP contribution in [0.15, 0.2) is 42.5 Å². The van der Waals surface area contributed by atoms with Crippen molar-refractivity contribution in [3.63, 3.8) is 0 Å². The van der Waals surface area contributed by atoms with Crippen LogP contribution in [-0.2, 0) is 0 Å². The van der Waals surface area contributed by atoms with Gasteiger partial charge < -0.3 is 14.8 Å². The Morgan fingerprint density at radius 1 is 1.21 bits per heavy atom. The number of rotatable bonds is 7. The van der Waals surface area contributed by atoms with Crippen LogP contribution in [0.5, 0.6) is 11.5 Å². The molecule has 0 heterocycles. The first-order chi connectivity index (χ1) is 13.3. The normalized spacial score (nSPS) is 10.3. The fourth-order valence-electron chi connectivity index (χ4n) is 2.21. The molecule has 1 amide bonds. The van der Waals surface area contributed by atoms with Crippen molar-refractivity contribution in [2.24, 2.45) is 5.92 Å². The number of nitrogens with one attached hydrogen (secondary N) is 2. The topological polar surface area (TPSA) is 103 Å². The van der Waals surface area contributed by atoms with Gasteiger partial charge in [0.05, 0.1) is 18.6 Å². The lowest BCUT2D eigenvalue weighted by molar-refractivity contribution is -0.385. The van der Waals surface area contributed by atoms with Crippen LogP contribution in [0.25, 0.3) is 0 Å². The van der Waals surface area contributed by atoms with Gasteiger partial charge in [0.1, 0.15) is 5.75 Å². The molecule has 0 unspecified atom stereocenters. The lowest BCUT2D eigenvalue weighted by atomic mass is 10.2. The van der Waals surface area contributed by atoms with E-state index >= 15 is 0 Å². The first kappa shape index (κ1) is 21.1. The molecule has 0 saturated carbocycles. The number of methoxy groups -OCH3 is 1. The van der Waals surface area contributed by atoms with Crippen molar-refractivity contribution in [2.75, 3.05) is 19.0 Å². The van der Waals surface area contributed by atoms with Crippen LogP contribution in [0, 0.1) is 16.0 Å². The molecule has 0 spiro atoms. The highest BCUT2D eigenvalue weighted by Gasteiger charge is 2.16. The fraction of sp³-hybridized carbons (Fsp3) is 0.263. The molecular weight excluding hydrogens is 382 g/mol. The van der Waals surface area contributed by atoms with Gasteiger partial charge in [-0.15, -0.1) is 0 Å². The summed E-state index contributed by atoms with van der Waals surface area (Å²) in [7, 11) is 1.35. The van der Waals surface area contributed by atoms with Gasteiger partial charge >= 0.3 is 5.69 Å². The minimum absolute atomic E-state index is 0.0181. The van der Waals surface area contributed by atoms with Gasteiger partial charge in [0, 0.05) is 17.3 Å². The number of thiocarbonyl (C=S) groups is 1. The Bertz CT molecular complexity index is 868. The Hall–Kier alpha value is -3.20. The Labute approximate surface area is 168 Å². The van der Waals surface area contributed by atoms with Crippen LogP contribution in [0.3, 0.4) is 0 Å². The molecule has 2 N–H and O–H groups in total. The molecule has 2 aromatic carbocycles. The smallest absolute Gasteiger partial charge is 0.312 e. The van der Waals surface area contributed by atoms with E-state index in [1.807, 2.05) is 13.8 Å². The number of hydrogen-bond acceptors (Lipinski definition) is 6. The summed E-state index contributed by atoms with van der Waals surface area (Å²) in [5.41, 5.74) is 0.551. The monoisotopic (exact) mass is 403 g/mol. The maximum Gasteiger partial charge on any atom is 0.312 e. The number of amides is 1. The number of hydrogen-bond donors (Lipinski definition) is 2. The second-order valence-electron chi connectivity index (χ2n) is 6.28. The van der Waals surface area contributed by atoms with Crippen molar-refractivity contribution in [3.8, 4) is 11.5 Å². The summed E-state index contributed by atoms with van der Waals surface area (Å²) in [5, 5.41) is 16.4. The van der Waals surface area contributed by atoms with Gasteiger partial charge in [-0.2, -0.15) is 0 Å². The average molecular weight is 403 g/mol. The van der Waals surface area contributed by atoms with E-state index < -0.39 is 10.8 Å². The maximum absolute atomic E-state index is 12.3. The van der Waals surface area contributed by atoms with Crippen LogP contribution in [0.2, 0.25) is 0 Å². The molecule has 0 aliphatic rings. The minimum Gasteiger partial charge on any atom is -0.493 e. The van der Waals surface area contributed by atoms with Gasteiger partial charge in [-0.1, -0.05) is 13.8 Å². The van der Waals surface area contributed by atoms with E-state index in [1.165, 1.54) is 19.2 Å². The van der Waals surface area contributed by atoms with E-state index in [4.69, 9.17) is 21.7 Å². The zero-order valence-electron chi connectivity index (χ0n) is 15.7. The van der Waals surface area contributed by atoms with Crippen molar-refractivity contribution in [3.05, 3.63) is 58.1 Å². The van der Waals surface area contributed by atoms with Gasteiger partial charge in [-0.05, 0) is 54.5 Å². The van der Waals surface area contributed by atoms with Crippen LogP contribution < -0.4 is 20.1 Å². The van der Waals surface area contributed by atoms with E-state index in [9.17, 15) is 14.9 Å². The average Bonchev–Trinajstić information content (AvgIpc) is 2.66. The fourth-order valence-corrected chi connectivity index (χ4v) is 2.42. The standard InChI is InChI=1S/C19H21N3O5S/c1-12(2)11-27-15-7-4-13(5-8-15)18(23)21-19(28)20-14-6-9-17(26-3)16(10-14)22(24)25/h4-10,12H,11H2,1-3H3,(H2,20,21,23,28). The molecule has 0 radical (unpaired) electrons. The Kier molecular flexibility index (Phi) is 7.28. The largest absolute Gasteiger partial charge is 0.493 e. The molecule has 9 heteroatoms. The third-order valence-electron chi connectivity index (χ3n) is 3.56. The predicted molar refractivity (Wildman–Crippen MR) is 110 cm³/mol. The lowest BCUT2D eigenvalue weighted by Gasteiger charge is -2.11. The molecule has 28 heavy (non-hydrogen) atoms. The first-order valence-electron chi connectivity index (χ1n) is 8.47. The second kappa shape index (κ2) is 9.65. The van der Waals surface area contributed by atoms with E-state index in [2.05, 4.69) is 10.6 Å². The Balaban J connectivity index is 1.98. The van der Waals surface area contributed by atoms with Crippen molar-refractivity contribution < 1.29 is 19.2 Å². The zero-order valence-corrected chi connectivity index (χ0v) is 16.5. The number of anilines is 1. The summed E-state index contributed by atoms with van der Waals surface area (Å²) >= 11 is 5.11. The van der Waals surface area contributed by atoms with E-state index in [-0.39, 0.29) is 16.5 Å². The van der Waals surface area contributed by atoms with Crippen molar-refractivity contribution in [1.82, 2.24) is 5.32 Å². The zero-order chi connectivity index (χ0) is 20.7. The molecule has 8 nitrogen and oxygen atoms in total. The van der Waals surface area contributed by atoms with Gasteiger partial charge in [-0.3, -0.25) is 20.2 Å². The second-order valence-corrected chi connectivity index (χ2v) is 6.69. The third-order valence-corrected chi connectivity index (χ3v) is 3.76. The molecule has 2 aromatic rings. The summed E-state index contributed by atoms with van der Waals surface area (Å²) in [4.78, 5) is 22.8. The molecule has 0 saturated heterocycles. The SMILES string of the molecule is COc1ccc(NC(=S)NC(=O)c2ccc(OCC(C)C)cc2)cc1[N+](=O)[O-]. The number of ether oxygens (including phenoxy) is 2. The Morgan fingerprint density at radius 3 is 2.46 bits per heavy atom. The summed E-state index contributed by atoms with van der Waals surface area (Å²) in [5.74, 6) is 0.804. The highest BCUT2D eigenvalue weighted by Crippen LogP contribution is 2.29. The molecular formula is C19H21N3O5S. The molecule has 0 atom stereocenters. The summed E-state index contributed by atoms with van der Waals surface area (Å²) in [6.45, 7) is 4.69. The summed E-state index contributed by atoms with van der Waals surface area (Å²) in [6.07, 6.45) is 0. The summed E-state index contributed by atoms with van der Waals surface area (Å²) < 4.78 is 10.5. The molecule has 0 aliphatic carbocycles. The lowest BCUT2D eigenvalue weighted by Crippen LogP contribution is -2.34. The van der Waals surface area contributed by atoms with Crippen LogP contribution in [0.1, 0.15) is 24.2 Å². The van der Waals surface area contributed by atoms with Gasteiger partial charge in [0.15, 0.2) is 10.9 Å². The highest BCUT2D eigenvalue weighted by molar-refractivity contribution is 7.80. The van der Waals surface area contributed by atoms with Gasteiger partial charge in [-0.25, -0.2) is 0 Å². The van der Waals surface area contributed by atoms with Crippen molar-refractivity contribution in [1.29, 1.82) is 0 Å². The van der Waals surface area contributed by atoms with E-state index in [0.717, 1.165) is 0 Å². The van der Waals surface area contributed by atoms with Crippen molar-refractivity contribution in [2.45, 2.75) is 13.8 Å². The van der Waals surface area contributed by atoms with Crippen LogP contribution in [0.4, 0.5) is 11.4 Å². The number of nitrogens with zero attached hydrogens (tertiary/aromatic N) is 1. The molecule has 0 bridgehead atoms. The first-order valence-corrected chi connectivity index (χ1v) is 8.88. The van der Waals surface area contributed by atoms with Gasteiger partial charge in [0.25, 0.3) is 5.91 Å². The van der Waals surface area contributed by atoms with Gasteiger partial charge in [0.2, 0.25) is 0 Å². The third kappa shape index (κ3) is 5.92. The number of carbonyl (C=O) groups excluding carboxylic acids is 1. The molecule has 0 aliphatic heterocycles. The molecule has 0 fully saturated rings. The predicted octanol–water partition coefficient (Wildman–Crippen LogP) is 3.77.